The van der Waals surface area contributed by atoms with E-state index in [1.54, 1.807) is 0 Å². The predicted molar refractivity (Wildman–Crippen MR) is 61.1 cm³/mol. The molecule has 2 N–H and O–H groups in total. The van der Waals surface area contributed by atoms with Gasteiger partial charge in [-0.3, -0.25) is 0 Å². The fourth-order valence-electron chi connectivity index (χ4n) is 1.92. The molecule has 1 aromatic heterocycles. The van der Waals surface area contributed by atoms with Crippen LogP contribution in [0.5, 0.6) is 0 Å². The molecule has 0 aliphatic rings. The number of nitrogen functional groups attached to an aromatic ring is 1. The Morgan fingerprint density at radius 3 is 2.47 bits per heavy atom. The normalized spacial score (nSPS) is 10.9. The Morgan fingerprint density at radius 1 is 1.13 bits per heavy atom. The van der Waals surface area contributed by atoms with Crippen molar-refractivity contribution in [1.29, 1.82) is 0 Å². The highest BCUT2D eigenvalue weighted by Crippen LogP contribution is 2.28. The van der Waals surface area contributed by atoms with Crippen molar-refractivity contribution in [1.82, 2.24) is 0 Å². The first-order valence-electron chi connectivity index (χ1n) is 4.81. The molecule has 2 rings (SSSR count). The molecule has 0 saturated carbocycles. The molecule has 0 unspecified atom stereocenters. The third kappa shape index (κ3) is 1.40. The number of rotatable bonds is 0. The summed E-state index contributed by atoms with van der Waals surface area (Å²) >= 11 is 0. The van der Waals surface area contributed by atoms with Gasteiger partial charge in [0, 0.05) is 17.1 Å². The summed E-state index contributed by atoms with van der Waals surface area (Å²) in [6.45, 7) is 5.74. The van der Waals surface area contributed by atoms with Crippen LogP contribution in [0.15, 0.2) is 21.3 Å². The van der Waals surface area contributed by atoms with Gasteiger partial charge < -0.3 is 10.2 Å². The molecular formula is C12H13NO2. The van der Waals surface area contributed by atoms with E-state index in [-0.39, 0.29) is 5.63 Å². The Labute approximate surface area is 87.5 Å². The maximum atomic E-state index is 11.2. The van der Waals surface area contributed by atoms with Crippen LogP contribution in [-0.4, -0.2) is 0 Å². The lowest BCUT2D eigenvalue weighted by Gasteiger charge is -2.09. The monoisotopic (exact) mass is 203 g/mol. The van der Waals surface area contributed by atoms with Crippen LogP contribution in [0, 0.1) is 20.8 Å². The molecule has 0 aliphatic heterocycles. The largest absolute Gasteiger partial charge is 0.423 e. The van der Waals surface area contributed by atoms with Crippen molar-refractivity contribution in [2.45, 2.75) is 20.8 Å². The molecule has 3 nitrogen and oxygen atoms in total. The van der Waals surface area contributed by atoms with Crippen molar-refractivity contribution in [2.24, 2.45) is 0 Å². The van der Waals surface area contributed by atoms with E-state index in [2.05, 4.69) is 0 Å². The highest BCUT2D eigenvalue weighted by Gasteiger charge is 2.09. The SMILES string of the molecule is Cc1cc2oc(=O)cc(C)c2c(C)c1N. The maximum Gasteiger partial charge on any atom is 0.336 e. The van der Waals surface area contributed by atoms with Gasteiger partial charge in [-0.15, -0.1) is 0 Å². The summed E-state index contributed by atoms with van der Waals surface area (Å²) in [5.41, 5.74) is 9.82. The van der Waals surface area contributed by atoms with Gasteiger partial charge in [-0.05, 0) is 43.5 Å². The topological polar surface area (TPSA) is 56.2 Å². The molecule has 0 spiro atoms. The second-order valence-corrected chi connectivity index (χ2v) is 3.85. The number of anilines is 1. The number of nitrogens with two attached hydrogens (primary N) is 1. The van der Waals surface area contributed by atoms with Crippen LogP contribution in [0.3, 0.4) is 0 Å². The minimum Gasteiger partial charge on any atom is -0.423 e. The average molecular weight is 203 g/mol. The van der Waals surface area contributed by atoms with Gasteiger partial charge in [-0.1, -0.05) is 0 Å². The van der Waals surface area contributed by atoms with Crippen molar-refractivity contribution in [2.75, 3.05) is 5.73 Å². The van der Waals surface area contributed by atoms with E-state index in [1.165, 1.54) is 6.07 Å². The van der Waals surface area contributed by atoms with E-state index in [4.69, 9.17) is 10.2 Å². The first kappa shape index (κ1) is 9.77. The third-order valence-corrected chi connectivity index (χ3v) is 2.74. The molecule has 0 atom stereocenters. The Hall–Kier alpha value is -1.77. The van der Waals surface area contributed by atoms with Gasteiger partial charge in [0.15, 0.2) is 0 Å². The minimum atomic E-state index is -0.316. The van der Waals surface area contributed by atoms with Gasteiger partial charge in [0.2, 0.25) is 0 Å². The molecule has 1 aromatic carbocycles. The molecule has 0 fully saturated rings. The second kappa shape index (κ2) is 3.12. The fourth-order valence-corrected chi connectivity index (χ4v) is 1.92. The van der Waals surface area contributed by atoms with Crippen LogP contribution in [0.4, 0.5) is 5.69 Å². The summed E-state index contributed by atoms with van der Waals surface area (Å²) in [5.74, 6) is 0. The number of hydrogen-bond donors (Lipinski definition) is 1. The summed E-state index contributed by atoms with van der Waals surface area (Å²) in [6, 6.07) is 3.30. The Balaban J connectivity index is 3.05. The molecule has 0 bridgehead atoms. The van der Waals surface area contributed by atoms with Crippen LogP contribution in [-0.2, 0) is 0 Å². The van der Waals surface area contributed by atoms with Crippen LogP contribution in [0.25, 0.3) is 11.0 Å². The van der Waals surface area contributed by atoms with E-state index < -0.39 is 0 Å². The first-order valence-corrected chi connectivity index (χ1v) is 4.81. The summed E-state index contributed by atoms with van der Waals surface area (Å²) < 4.78 is 5.15. The molecular weight excluding hydrogens is 190 g/mol. The lowest BCUT2D eigenvalue weighted by atomic mass is 10.0. The van der Waals surface area contributed by atoms with Crippen molar-refractivity contribution in [3.05, 3.63) is 39.2 Å². The fraction of sp³-hybridized carbons (Fsp3) is 0.250. The molecule has 0 saturated heterocycles. The van der Waals surface area contributed by atoms with Crippen molar-refractivity contribution >= 4 is 16.7 Å². The van der Waals surface area contributed by atoms with Gasteiger partial charge in [0.1, 0.15) is 5.58 Å². The number of aryl methyl sites for hydroxylation is 3. The van der Waals surface area contributed by atoms with E-state index in [1.807, 2.05) is 26.8 Å². The van der Waals surface area contributed by atoms with Gasteiger partial charge in [0.05, 0.1) is 0 Å². The van der Waals surface area contributed by atoms with Crippen molar-refractivity contribution < 1.29 is 4.42 Å². The minimum absolute atomic E-state index is 0.316. The summed E-state index contributed by atoms with van der Waals surface area (Å²) in [5, 5.41) is 0.942. The van der Waals surface area contributed by atoms with Crippen LogP contribution < -0.4 is 11.4 Å². The second-order valence-electron chi connectivity index (χ2n) is 3.85. The van der Waals surface area contributed by atoms with E-state index >= 15 is 0 Å². The van der Waals surface area contributed by atoms with Gasteiger partial charge >= 0.3 is 5.63 Å². The number of fused-ring (bicyclic) bond motifs is 1. The standard InChI is InChI=1S/C12H13NO2/c1-6-5-10(14)15-9-4-7(2)12(13)8(3)11(6)9/h4-5H,13H2,1-3H3. The van der Waals surface area contributed by atoms with Crippen LogP contribution >= 0.6 is 0 Å². The van der Waals surface area contributed by atoms with E-state index in [0.29, 0.717) is 5.58 Å². The third-order valence-electron chi connectivity index (χ3n) is 2.74. The first-order chi connectivity index (χ1) is 7.00. The molecule has 15 heavy (non-hydrogen) atoms. The summed E-state index contributed by atoms with van der Waals surface area (Å²) in [6.07, 6.45) is 0. The van der Waals surface area contributed by atoms with E-state index in [0.717, 1.165) is 27.8 Å². The van der Waals surface area contributed by atoms with Crippen molar-refractivity contribution in [3.8, 4) is 0 Å². The van der Waals surface area contributed by atoms with Crippen molar-refractivity contribution in [3.63, 3.8) is 0 Å². The smallest absolute Gasteiger partial charge is 0.336 e. The zero-order valence-corrected chi connectivity index (χ0v) is 9.05. The molecule has 2 aromatic rings. The Bertz CT molecular complexity index is 597. The summed E-state index contributed by atoms with van der Waals surface area (Å²) in [4.78, 5) is 11.2. The molecule has 3 heteroatoms. The summed E-state index contributed by atoms with van der Waals surface area (Å²) in [7, 11) is 0. The van der Waals surface area contributed by atoms with Gasteiger partial charge in [-0.2, -0.15) is 0 Å². The zero-order valence-electron chi connectivity index (χ0n) is 9.05. The molecule has 1 heterocycles. The van der Waals surface area contributed by atoms with Crippen LogP contribution in [0.1, 0.15) is 16.7 Å². The van der Waals surface area contributed by atoms with E-state index in [9.17, 15) is 4.79 Å². The quantitative estimate of drug-likeness (QED) is 0.528. The molecule has 0 aliphatic carbocycles. The molecule has 0 radical (unpaired) electrons. The average Bonchev–Trinajstić information content (AvgIpc) is 2.13. The Kier molecular flexibility index (Phi) is 2.03. The highest BCUT2D eigenvalue weighted by atomic mass is 16.4. The molecule has 0 amide bonds. The predicted octanol–water partition coefficient (Wildman–Crippen LogP) is 2.30. The lowest BCUT2D eigenvalue weighted by molar-refractivity contribution is 0.559. The van der Waals surface area contributed by atoms with Crippen LogP contribution in [0.2, 0.25) is 0 Å². The van der Waals surface area contributed by atoms with Gasteiger partial charge in [-0.25, -0.2) is 4.79 Å². The zero-order chi connectivity index (χ0) is 11.2. The molecule has 78 valence electrons. The lowest BCUT2D eigenvalue weighted by Crippen LogP contribution is -2.01. The Morgan fingerprint density at radius 2 is 1.80 bits per heavy atom. The van der Waals surface area contributed by atoms with Gasteiger partial charge in [0.25, 0.3) is 0 Å². The number of benzene rings is 1. The number of hydrogen-bond acceptors (Lipinski definition) is 3. The highest BCUT2D eigenvalue weighted by molar-refractivity contribution is 5.89. The maximum absolute atomic E-state index is 11.2.